The number of aliphatic hydroxyl groups is 2. The molecule has 5 aromatic rings. The first-order chi connectivity index (χ1) is 34.1. The maximum atomic E-state index is 11.7. The molecule has 1 fully saturated rings. The number of ether oxygens (including phenoxy) is 1. The number of methoxy groups -OCH3 is 1. The molecule has 6 rings (SSSR count). The van der Waals surface area contributed by atoms with Crippen molar-refractivity contribution in [1.82, 2.24) is 4.98 Å². The van der Waals surface area contributed by atoms with Gasteiger partial charge in [0, 0.05) is 28.8 Å². The summed E-state index contributed by atoms with van der Waals surface area (Å²) in [5.41, 5.74) is 11.6. The van der Waals surface area contributed by atoms with Crippen LogP contribution in [-0.2, 0) is 36.1 Å². The molecule has 386 valence electrons. The fourth-order valence-corrected chi connectivity index (χ4v) is 10.1. The van der Waals surface area contributed by atoms with E-state index in [1.165, 1.54) is 40.5 Å². The van der Waals surface area contributed by atoms with E-state index < -0.39 is 11.2 Å². The second kappa shape index (κ2) is 24.3. The third kappa shape index (κ3) is 12.8. The van der Waals surface area contributed by atoms with E-state index in [1.807, 2.05) is 52.1 Å². The van der Waals surface area contributed by atoms with Gasteiger partial charge in [-0.2, -0.15) is 0 Å². The van der Waals surface area contributed by atoms with Crippen molar-refractivity contribution < 1.29 is 29.1 Å². The first kappa shape index (κ1) is 57.8. The molecule has 0 atom stereocenters. The molecule has 1 saturated heterocycles. The SMILES string of the molecule is CCC(O)(/C=C/c1ccc(C(CC)(CC)c2ccc(-c3cncc(CC(=O)OC)c3)cc2)cc1C)CC.CCC(O)(/C=C/c1ccc(C(CC)(CC)c2ccc(B3OC(C)(C)C(C)(C)O3)cc2)cc1C)CC. The molecule has 0 saturated carbocycles. The lowest BCUT2D eigenvalue weighted by atomic mass is 9.69. The van der Waals surface area contributed by atoms with Gasteiger partial charge in [0.2, 0.25) is 0 Å². The van der Waals surface area contributed by atoms with E-state index in [1.54, 1.807) is 6.20 Å². The summed E-state index contributed by atoms with van der Waals surface area (Å²) in [7, 11) is 1.06. The number of hydrogen-bond acceptors (Lipinski definition) is 7. The van der Waals surface area contributed by atoms with E-state index in [2.05, 4.69) is 171 Å². The lowest BCUT2D eigenvalue weighted by Crippen LogP contribution is -2.41. The van der Waals surface area contributed by atoms with Gasteiger partial charge in [-0.25, -0.2) is 0 Å². The largest absolute Gasteiger partial charge is 0.494 e. The van der Waals surface area contributed by atoms with Gasteiger partial charge in [-0.1, -0.05) is 165 Å². The van der Waals surface area contributed by atoms with Gasteiger partial charge < -0.3 is 24.3 Å². The molecule has 1 aromatic heterocycles. The number of esters is 1. The Labute approximate surface area is 434 Å². The molecule has 0 bridgehead atoms. The van der Waals surface area contributed by atoms with Gasteiger partial charge in [0.1, 0.15) is 0 Å². The van der Waals surface area contributed by atoms with Crippen molar-refractivity contribution in [3.63, 3.8) is 0 Å². The summed E-state index contributed by atoms with van der Waals surface area (Å²) in [5.74, 6) is -0.270. The molecule has 0 amide bonds. The molecular weight excluding hydrogens is 890 g/mol. The highest BCUT2D eigenvalue weighted by Gasteiger charge is 2.51. The van der Waals surface area contributed by atoms with Crippen molar-refractivity contribution in [2.24, 2.45) is 0 Å². The van der Waals surface area contributed by atoms with Crippen molar-refractivity contribution in [1.29, 1.82) is 0 Å². The minimum Gasteiger partial charge on any atom is -0.469 e. The Morgan fingerprint density at radius 3 is 1.35 bits per heavy atom. The Bertz CT molecular complexity index is 2590. The minimum absolute atomic E-state index is 0.0605. The van der Waals surface area contributed by atoms with Crippen molar-refractivity contribution in [3.05, 3.63) is 166 Å². The monoisotopic (exact) mass is 976 g/mol. The first-order valence-electron chi connectivity index (χ1n) is 26.7. The Kier molecular flexibility index (Phi) is 19.5. The van der Waals surface area contributed by atoms with Crippen molar-refractivity contribution in [2.45, 2.75) is 188 Å². The standard InChI is InChI=1S/C33H41NO3.C31H45BO3/c1-7-32(36,8-2)18-17-26-11-16-30(19-24(26)5)33(9-3,10-4)29-14-12-27(13-15-29)28-20-25(22-34-23-28)21-31(35)37-6;1-10-30(33,11-2)21-20-24-14-15-26(22-23(24)5)31(12-3,13-4)25-16-18-27(19-17-25)32-34-28(6,7)29(8,9)35-32/h11-20,22-23,36H,7-10,21H2,1-6H3;14-22,33H,10-13H2,1-9H3/b18-17+;21-20+. The molecular formula is C64H86BNO6. The maximum Gasteiger partial charge on any atom is 0.494 e. The normalized spacial score (nSPS) is 15.0. The lowest BCUT2D eigenvalue weighted by Gasteiger charge is -2.34. The first-order valence-corrected chi connectivity index (χ1v) is 26.7. The van der Waals surface area contributed by atoms with Crippen LogP contribution >= 0.6 is 0 Å². The van der Waals surface area contributed by atoms with Gasteiger partial charge in [0.05, 0.1) is 35.9 Å². The van der Waals surface area contributed by atoms with Crippen LogP contribution in [0.2, 0.25) is 0 Å². The summed E-state index contributed by atoms with van der Waals surface area (Å²) in [6.07, 6.45) is 18.6. The van der Waals surface area contributed by atoms with E-state index in [-0.39, 0.29) is 41.5 Å². The number of aryl methyl sites for hydroxylation is 2. The number of rotatable bonds is 20. The predicted molar refractivity (Wildman–Crippen MR) is 302 cm³/mol. The number of aromatic nitrogens is 1. The molecule has 72 heavy (non-hydrogen) atoms. The number of carbonyl (C=O) groups is 1. The maximum absolute atomic E-state index is 11.7. The molecule has 7 nitrogen and oxygen atoms in total. The van der Waals surface area contributed by atoms with Gasteiger partial charge in [-0.15, -0.1) is 0 Å². The summed E-state index contributed by atoms with van der Waals surface area (Å²) < 4.78 is 17.3. The van der Waals surface area contributed by atoms with Crippen LogP contribution in [0.1, 0.15) is 185 Å². The molecule has 2 heterocycles. The van der Waals surface area contributed by atoms with Crippen LogP contribution in [0.5, 0.6) is 0 Å². The number of benzene rings is 4. The summed E-state index contributed by atoms with van der Waals surface area (Å²) >= 11 is 0. The molecule has 0 spiro atoms. The second-order valence-electron chi connectivity index (χ2n) is 21.1. The number of carbonyl (C=O) groups excluding carboxylic acids is 1. The summed E-state index contributed by atoms with van der Waals surface area (Å²) in [6.45, 7) is 29.8. The molecule has 1 aliphatic rings. The zero-order valence-corrected chi connectivity index (χ0v) is 46.5. The smallest absolute Gasteiger partial charge is 0.469 e. The molecule has 4 aromatic carbocycles. The highest BCUT2D eigenvalue weighted by Crippen LogP contribution is 2.42. The predicted octanol–water partition coefficient (Wildman–Crippen LogP) is 14.4. The van der Waals surface area contributed by atoms with Crippen LogP contribution in [0, 0.1) is 13.8 Å². The van der Waals surface area contributed by atoms with E-state index in [0.29, 0.717) is 25.7 Å². The van der Waals surface area contributed by atoms with Gasteiger partial charge in [-0.05, 0) is 160 Å². The fourth-order valence-electron chi connectivity index (χ4n) is 10.1. The van der Waals surface area contributed by atoms with Gasteiger partial charge in [0.25, 0.3) is 0 Å². The summed E-state index contributed by atoms with van der Waals surface area (Å²) in [5, 5.41) is 21.3. The van der Waals surface area contributed by atoms with Crippen molar-refractivity contribution in [2.75, 3.05) is 7.11 Å². The van der Waals surface area contributed by atoms with Crippen LogP contribution in [0.3, 0.4) is 0 Å². The lowest BCUT2D eigenvalue weighted by molar-refractivity contribution is -0.139. The Morgan fingerprint density at radius 2 is 0.972 bits per heavy atom. The molecule has 0 radical (unpaired) electrons. The van der Waals surface area contributed by atoms with Gasteiger partial charge >= 0.3 is 13.1 Å². The highest BCUT2D eigenvalue weighted by atomic mass is 16.7. The zero-order valence-electron chi connectivity index (χ0n) is 46.5. The van der Waals surface area contributed by atoms with Gasteiger partial charge in [-0.3, -0.25) is 9.78 Å². The third-order valence-electron chi connectivity index (χ3n) is 16.8. The van der Waals surface area contributed by atoms with E-state index >= 15 is 0 Å². The Balaban J connectivity index is 0.000000268. The van der Waals surface area contributed by atoms with Crippen molar-refractivity contribution in [3.8, 4) is 11.1 Å². The van der Waals surface area contributed by atoms with E-state index in [0.717, 1.165) is 59.0 Å². The average Bonchev–Trinajstić information content (AvgIpc) is 3.62. The van der Waals surface area contributed by atoms with Crippen LogP contribution in [0.15, 0.2) is 116 Å². The Hall–Kier alpha value is -5.12. The molecule has 1 aliphatic heterocycles. The van der Waals surface area contributed by atoms with Crippen LogP contribution in [-0.4, -0.2) is 57.8 Å². The highest BCUT2D eigenvalue weighted by molar-refractivity contribution is 6.62. The summed E-state index contributed by atoms with van der Waals surface area (Å²) in [6, 6.07) is 33.1. The van der Waals surface area contributed by atoms with E-state index in [4.69, 9.17) is 14.0 Å². The van der Waals surface area contributed by atoms with Gasteiger partial charge in [0.15, 0.2) is 0 Å². The average molecular weight is 976 g/mol. The van der Waals surface area contributed by atoms with E-state index in [9.17, 15) is 15.0 Å². The van der Waals surface area contributed by atoms with Crippen LogP contribution in [0.25, 0.3) is 23.3 Å². The molecule has 8 heteroatoms. The molecule has 0 aliphatic carbocycles. The Morgan fingerprint density at radius 1 is 0.569 bits per heavy atom. The summed E-state index contributed by atoms with van der Waals surface area (Å²) in [4.78, 5) is 16.0. The number of hydrogen-bond donors (Lipinski definition) is 2. The fraction of sp³-hybridized carbons (Fsp3) is 0.469. The zero-order chi connectivity index (χ0) is 53.1. The van der Waals surface area contributed by atoms with Crippen LogP contribution < -0.4 is 5.46 Å². The number of pyridine rings is 1. The van der Waals surface area contributed by atoms with Crippen molar-refractivity contribution >= 4 is 30.7 Å². The molecule has 2 N–H and O–H groups in total. The third-order valence-corrected chi connectivity index (χ3v) is 16.8. The topological polar surface area (TPSA) is 98.1 Å². The minimum atomic E-state index is -0.752. The molecule has 0 unspecified atom stereocenters. The number of nitrogens with zero attached hydrogens (tertiary/aromatic N) is 1. The quantitative estimate of drug-likeness (QED) is 0.0592. The second-order valence-corrected chi connectivity index (χ2v) is 21.1. The van der Waals surface area contributed by atoms with Crippen LogP contribution in [0.4, 0.5) is 0 Å².